The third-order valence-corrected chi connectivity index (χ3v) is 3.62. The minimum absolute atomic E-state index is 0.349. The number of ketones is 1. The summed E-state index contributed by atoms with van der Waals surface area (Å²) in [6.07, 6.45) is 12.3. The second kappa shape index (κ2) is 6.19. The maximum absolute atomic E-state index is 11.9. The fourth-order valence-corrected chi connectivity index (χ4v) is 2.58. The first kappa shape index (κ1) is 11.8. The molecule has 0 aromatic rings. The molecule has 0 amide bonds. The van der Waals surface area contributed by atoms with Crippen LogP contribution in [0.4, 0.5) is 0 Å². The zero-order chi connectivity index (χ0) is 11.2. The van der Waals surface area contributed by atoms with Crippen LogP contribution in [0, 0.1) is 0 Å². The highest BCUT2D eigenvalue weighted by Crippen LogP contribution is 2.22. The first-order valence-corrected chi connectivity index (χ1v) is 6.70. The molecule has 1 aliphatic carbocycles. The van der Waals surface area contributed by atoms with Crippen molar-refractivity contribution in [2.24, 2.45) is 0 Å². The van der Waals surface area contributed by atoms with Crippen molar-refractivity contribution in [2.45, 2.75) is 63.9 Å². The number of hydrogen-bond donors (Lipinski definition) is 0. The van der Waals surface area contributed by atoms with Crippen LogP contribution >= 0.6 is 0 Å². The van der Waals surface area contributed by atoms with Crippen molar-refractivity contribution in [3.63, 3.8) is 0 Å². The molecule has 0 aromatic heterocycles. The van der Waals surface area contributed by atoms with Crippen LogP contribution in [0.1, 0.15) is 57.8 Å². The van der Waals surface area contributed by atoms with Crippen LogP contribution in [0.2, 0.25) is 0 Å². The summed E-state index contributed by atoms with van der Waals surface area (Å²) < 4.78 is 5.64. The van der Waals surface area contributed by atoms with E-state index in [0.717, 1.165) is 37.9 Å². The SMILES string of the molecule is O=C(CCC1CCCCO1)C1=CCCCC1. The number of Topliss-reactive ketones (excluding diaryl/α,β-unsaturated/α-hetero) is 1. The van der Waals surface area contributed by atoms with E-state index < -0.39 is 0 Å². The first-order valence-electron chi connectivity index (χ1n) is 6.70. The predicted octanol–water partition coefficient (Wildman–Crippen LogP) is 3.41. The topological polar surface area (TPSA) is 26.3 Å². The largest absolute Gasteiger partial charge is 0.378 e. The summed E-state index contributed by atoms with van der Waals surface area (Å²) in [6.45, 7) is 0.890. The molecule has 1 heterocycles. The predicted molar refractivity (Wildman–Crippen MR) is 64.4 cm³/mol. The molecular formula is C14H22O2. The molecule has 16 heavy (non-hydrogen) atoms. The van der Waals surface area contributed by atoms with Crippen LogP contribution in [0.25, 0.3) is 0 Å². The highest BCUT2D eigenvalue weighted by molar-refractivity contribution is 5.95. The molecular weight excluding hydrogens is 200 g/mol. The van der Waals surface area contributed by atoms with E-state index in [-0.39, 0.29) is 0 Å². The summed E-state index contributed by atoms with van der Waals surface area (Å²) in [7, 11) is 0. The summed E-state index contributed by atoms with van der Waals surface area (Å²) in [6, 6.07) is 0. The molecule has 0 saturated carbocycles. The zero-order valence-electron chi connectivity index (χ0n) is 10.0. The van der Waals surface area contributed by atoms with Crippen molar-refractivity contribution in [2.75, 3.05) is 6.61 Å². The van der Waals surface area contributed by atoms with Gasteiger partial charge < -0.3 is 4.74 Å². The van der Waals surface area contributed by atoms with Crippen molar-refractivity contribution >= 4 is 5.78 Å². The minimum Gasteiger partial charge on any atom is -0.378 e. The Bertz CT molecular complexity index is 262. The zero-order valence-corrected chi connectivity index (χ0v) is 10.0. The Morgan fingerprint density at radius 3 is 2.94 bits per heavy atom. The van der Waals surface area contributed by atoms with E-state index >= 15 is 0 Å². The van der Waals surface area contributed by atoms with Gasteiger partial charge in [0.15, 0.2) is 5.78 Å². The number of rotatable bonds is 4. The molecule has 1 atom stereocenters. The van der Waals surface area contributed by atoms with E-state index in [1.807, 2.05) is 0 Å². The monoisotopic (exact) mass is 222 g/mol. The third-order valence-electron chi connectivity index (χ3n) is 3.62. The van der Waals surface area contributed by atoms with E-state index in [1.54, 1.807) is 0 Å². The highest BCUT2D eigenvalue weighted by atomic mass is 16.5. The molecule has 90 valence electrons. The van der Waals surface area contributed by atoms with Gasteiger partial charge in [0.05, 0.1) is 6.10 Å². The van der Waals surface area contributed by atoms with Gasteiger partial charge in [0, 0.05) is 13.0 Å². The van der Waals surface area contributed by atoms with E-state index in [0.29, 0.717) is 18.3 Å². The Morgan fingerprint density at radius 2 is 2.25 bits per heavy atom. The molecule has 2 nitrogen and oxygen atoms in total. The minimum atomic E-state index is 0.349. The Morgan fingerprint density at radius 1 is 1.31 bits per heavy atom. The van der Waals surface area contributed by atoms with Gasteiger partial charge in [-0.1, -0.05) is 6.08 Å². The van der Waals surface area contributed by atoms with E-state index in [2.05, 4.69) is 6.08 Å². The summed E-state index contributed by atoms with van der Waals surface area (Å²) in [5.74, 6) is 0.369. The smallest absolute Gasteiger partial charge is 0.158 e. The van der Waals surface area contributed by atoms with Crippen LogP contribution in [0.5, 0.6) is 0 Å². The number of carbonyl (C=O) groups is 1. The molecule has 0 N–H and O–H groups in total. The number of allylic oxidation sites excluding steroid dienone is 2. The maximum Gasteiger partial charge on any atom is 0.158 e. The van der Waals surface area contributed by atoms with Crippen molar-refractivity contribution < 1.29 is 9.53 Å². The van der Waals surface area contributed by atoms with Gasteiger partial charge >= 0.3 is 0 Å². The van der Waals surface area contributed by atoms with Gasteiger partial charge in [-0.15, -0.1) is 0 Å². The normalized spacial score (nSPS) is 26.2. The molecule has 0 spiro atoms. The molecule has 0 aromatic carbocycles. The van der Waals surface area contributed by atoms with Crippen molar-refractivity contribution in [1.82, 2.24) is 0 Å². The van der Waals surface area contributed by atoms with Gasteiger partial charge in [-0.25, -0.2) is 0 Å². The molecule has 1 saturated heterocycles. The Labute approximate surface area is 98.1 Å². The van der Waals surface area contributed by atoms with Gasteiger partial charge in [-0.2, -0.15) is 0 Å². The maximum atomic E-state index is 11.9. The summed E-state index contributed by atoms with van der Waals surface area (Å²) in [4.78, 5) is 11.9. The fraction of sp³-hybridized carbons (Fsp3) is 0.786. The molecule has 2 rings (SSSR count). The highest BCUT2D eigenvalue weighted by Gasteiger charge is 2.17. The molecule has 1 unspecified atom stereocenters. The van der Waals surface area contributed by atoms with Crippen LogP contribution in [0.3, 0.4) is 0 Å². The third kappa shape index (κ3) is 3.44. The van der Waals surface area contributed by atoms with Gasteiger partial charge in [-0.3, -0.25) is 4.79 Å². The quantitative estimate of drug-likeness (QED) is 0.728. The standard InChI is InChI=1S/C14H22O2/c15-14(12-6-2-1-3-7-12)10-9-13-8-4-5-11-16-13/h6,13H,1-5,7-11H2. The molecule has 1 fully saturated rings. The molecule has 1 aliphatic heterocycles. The lowest BCUT2D eigenvalue weighted by atomic mass is 9.93. The summed E-state index contributed by atoms with van der Waals surface area (Å²) in [5.41, 5.74) is 1.09. The van der Waals surface area contributed by atoms with Crippen molar-refractivity contribution in [3.8, 4) is 0 Å². The first-order chi connectivity index (χ1) is 7.86. The number of ether oxygens (including phenoxy) is 1. The average molecular weight is 222 g/mol. The van der Waals surface area contributed by atoms with Gasteiger partial charge in [-0.05, 0) is 56.9 Å². The van der Waals surface area contributed by atoms with Crippen LogP contribution in [-0.4, -0.2) is 18.5 Å². The molecule has 0 radical (unpaired) electrons. The van der Waals surface area contributed by atoms with Gasteiger partial charge in [0.2, 0.25) is 0 Å². The lowest BCUT2D eigenvalue weighted by molar-refractivity contribution is -0.116. The number of hydrogen-bond acceptors (Lipinski definition) is 2. The Hall–Kier alpha value is -0.630. The lowest BCUT2D eigenvalue weighted by Crippen LogP contribution is -2.20. The summed E-state index contributed by atoms with van der Waals surface area (Å²) >= 11 is 0. The molecule has 2 aliphatic rings. The number of carbonyl (C=O) groups excluding carboxylic acids is 1. The van der Waals surface area contributed by atoms with E-state index in [9.17, 15) is 4.79 Å². The Kier molecular flexibility index (Phi) is 4.58. The van der Waals surface area contributed by atoms with Gasteiger partial charge in [0.1, 0.15) is 0 Å². The van der Waals surface area contributed by atoms with E-state index in [1.165, 1.54) is 25.7 Å². The second-order valence-electron chi connectivity index (χ2n) is 4.93. The molecule has 2 heteroatoms. The second-order valence-corrected chi connectivity index (χ2v) is 4.93. The van der Waals surface area contributed by atoms with E-state index in [4.69, 9.17) is 4.74 Å². The van der Waals surface area contributed by atoms with Crippen LogP contribution in [0.15, 0.2) is 11.6 Å². The average Bonchev–Trinajstić information content (AvgIpc) is 2.38. The fourth-order valence-electron chi connectivity index (χ4n) is 2.58. The van der Waals surface area contributed by atoms with Crippen molar-refractivity contribution in [1.29, 1.82) is 0 Å². The van der Waals surface area contributed by atoms with Gasteiger partial charge in [0.25, 0.3) is 0 Å². The van der Waals surface area contributed by atoms with Crippen LogP contribution in [-0.2, 0) is 9.53 Å². The Balaban J connectivity index is 1.72. The lowest BCUT2D eigenvalue weighted by Gasteiger charge is -2.22. The summed E-state index contributed by atoms with van der Waals surface area (Å²) in [5, 5.41) is 0. The van der Waals surface area contributed by atoms with Crippen LogP contribution < -0.4 is 0 Å². The molecule has 0 bridgehead atoms. The van der Waals surface area contributed by atoms with Crippen molar-refractivity contribution in [3.05, 3.63) is 11.6 Å².